The van der Waals surface area contributed by atoms with E-state index < -0.39 is 0 Å². The molecule has 2 aromatic rings. The van der Waals surface area contributed by atoms with E-state index in [4.69, 9.17) is 4.74 Å². The van der Waals surface area contributed by atoms with E-state index in [1.54, 1.807) is 36.7 Å². The summed E-state index contributed by atoms with van der Waals surface area (Å²) in [6, 6.07) is 8.89. The van der Waals surface area contributed by atoms with Gasteiger partial charge in [-0.1, -0.05) is 12.1 Å². The molecule has 0 bridgehead atoms. The van der Waals surface area contributed by atoms with Crippen LogP contribution in [0.5, 0.6) is 0 Å². The maximum atomic E-state index is 13.1. The first kappa shape index (κ1) is 15.4. The number of nitrogens with one attached hydrogen (secondary N) is 2. The van der Waals surface area contributed by atoms with Crippen molar-refractivity contribution in [1.82, 2.24) is 10.3 Å². The third-order valence-electron chi connectivity index (χ3n) is 3.79. The van der Waals surface area contributed by atoms with Crippen molar-refractivity contribution < 1.29 is 13.9 Å². The number of nitrogens with zero attached hydrogens (tertiary/aromatic N) is 1. The third kappa shape index (κ3) is 4.04. The van der Waals surface area contributed by atoms with Crippen molar-refractivity contribution in [1.29, 1.82) is 0 Å². The fraction of sp³-hybridized carbons (Fsp3) is 0.294. The van der Waals surface area contributed by atoms with Crippen molar-refractivity contribution in [3.05, 3.63) is 60.2 Å². The van der Waals surface area contributed by atoms with Gasteiger partial charge >= 0.3 is 6.03 Å². The molecule has 1 aromatic carbocycles. The summed E-state index contributed by atoms with van der Waals surface area (Å²) in [5, 5.41) is 5.68. The lowest BCUT2D eigenvalue weighted by atomic mass is 9.99. The molecule has 0 unspecified atom stereocenters. The van der Waals surface area contributed by atoms with Crippen LogP contribution in [0.2, 0.25) is 0 Å². The second kappa shape index (κ2) is 7.19. The zero-order valence-corrected chi connectivity index (χ0v) is 12.5. The molecule has 5 nitrogen and oxygen atoms in total. The number of urea groups is 1. The average Bonchev–Trinajstić information content (AvgIpc) is 3.09. The van der Waals surface area contributed by atoms with E-state index in [1.165, 1.54) is 12.1 Å². The predicted molar refractivity (Wildman–Crippen MR) is 84.5 cm³/mol. The van der Waals surface area contributed by atoms with E-state index in [-0.39, 0.29) is 24.0 Å². The highest BCUT2D eigenvalue weighted by atomic mass is 19.1. The van der Waals surface area contributed by atoms with Gasteiger partial charge in [-0.05, 0) is 42.7 Å². The van der Waals surface area contributed by atoms with Crippen molar-refractivity contribution in [2.24, 2.45) is 0 Å². The third-order valence-corrected chi connectivity index (χ3v) is 3.79. The number of pyridine rings is 1. The van der Waals surface area contributed by atoms with Crippen molar-refractivity contribution in [2.75, 3.05) is 11.9 Å². The summed E-state index contributed by atoms with van der Waals surface area (Å²) in [5.41, 5.74) is 1.48. The molecule has 0 radical (unpaired) electrons. The molecule has 120 valence electrons. The van der Waals surface area contributed by atoms with Gasteiger partial charge in [0, 0.05) is 24.7 Å². The summed E-state index contributed by atoms with van der Waals surface area (Å²) in [6.45, 7) is 0.677. The molecule has 6 heteroatoms. The van der Waals surface area contributed by atoms with Crippen molar-refractivity contribution >= 4 is 11.7 Å². The van der Waals surface area contributed by atoms with E-state index in [0.717, 1.165) is 18.4 Å². The highest BCUT2D eigenvalue weighted by molar-refractivity contribution is 5.89. The summed E-state index contributed by atoms with van der Waals surface area (Å²) in [7, 11) is 0. The zero-order chi connectivity index (χ0) is 16.1. The van der Waals surface area contributed by atoms with Crippen LogP contribution in [-0.4, -0.2) is 23.7 Å². The molecule has 2 N–H and O–H groups in total. The van der Waals surface area contributed by atoms with Gasteiger partial charge in [-0.25, -0.2) is 9.18 Å². The van der Waals surface area contributed by atoms with Crippen LogP contribution in [-0.2, 0) is 4.74 Å². The average molecular weight is 315 g/mol. The molecule has 1 aromatic heterocycles. The van der Waals surface area contributed by atoms with Crippen LogP contribution in [0.15, 0.2) is 48.8 Å². The molecule has 2 amide bonds. The predicted octanol–water partition coefficient (Wildman–Crippen LogP) is 3.26. The van der Waals surface area contributed by atoms with E-state index >= 15 is 0 Å². The monoisotopic (exact) mass is 315 g/mol. The summed E-state index contributed by atoms with van der Waals surface area (Å²) < 4.78 is 18.8. The van der Waals surface area contributed by atoms with Crippen LogP contribution in [0.3, 0.4) is 0 Å². The molecular weight excluding hydrogens is 297 g/mol. The maximum Gasteiger partial charge on any atom is 0.319 e. The number of anilines is 1. The van der Waals surface area contributed by atoms with Gasteiger partial charge in [0.2, 0.25) is 0 Å². The molecule has 3 rings (SSSR count). The molecule has 1 saturated heterocycles. The number of aromatic nitrogens is 1. The van der Waals surface area contributed by atoms with Gasteiger partial charge in [-0.2, -0.15) is 0 Å². The van der Waals surface area contributed by atoms with Gasteiger partial charge in [-0.3, -0.25) is 4.98 Å². The summed E-state index contributed by atoms with van der Waals surface area (Å²) >= 11 is 0. The minimum Gasteiger partial charge on any atom is -0.376 e. The lowest BCUT2D eigenvalue weighted by Gasteiger charge is -2.25. The van der Waals surface area contributed by atoms with E-state index in [2.05, 4.69) is 15.6 Å². The van der Waals surface area contributed by atoms with Crippen LogP contribution in [0.1, 0.15) is 24.4 Å². The van der Waals surface area contributed by atoms with E-state index in [0.29, 0.717) is 12.3 Å². The highest BCUT2D eigenvalue weighted by Gasteiger charge is 2.28. The number of amides is 2. The molecule has 2 heterocycles. The number of rotatable bonds is 4. The largest absolute Gasteiger partial charge is 0.376 e. The Hall–Kier alpha value is -2.47. The van der Waals surface area contributed by atoms with Crippen molar-refractivity contribution in [2.45, 2.75) is 25.0 Å². The first-order valence-corrected chi connectivity index (χ1v) is 7.57. The van der Waals surface area contributed by atoms with Gasteiger partial charge in [0.25, 0.3) is 0 Å². The van der Waals surface area contributed by atoms with E-state index in [9.17, 15) is 9.18 Å². The molecule has 0 aliphatic carbocycles. The highest BCUT2D eigenvalue weighted by Crippen LogP contribution is 2.27. The second-order valence-corrected chi connectivity index (χ2v) is 5.42. The number of carbonyl (C=O) groups excluding carboxylic acids is 1. The number of hydrogen-bond donors (Lipinski definition) is 2. The number of halogens is 1. The van der Waals surface area contributed by atoms with Gasteiger partial charge < -0.3 is 15.4 Å². The van der Waals surface area contributed by atoms with Gasteiger partial charge in [0.1, 0.15) is 5.82 Å². The lowest BCUT2D eigenvalue weighted by Crippen LogP contribution is -2.38. The minimum atomic E-state index is -0.332. The van der Waals surface area contributed by atoms with Gasteiger partial charge in [0.15, 0.2) is 0 Å². The normalized spacial score (nSPS) is 18.4. The Morgan fingerprint density at radius 3 is 2.61 bits per heavy atom. The summed E-state index contributed by atoms with van der Waals surface area (Å²) in [4.78, 5) is 16.2. The lowest BCUT2D eigenvalue weighted by molar-refractivity contribution is 0.0815. The first-order chi connectivity index (χ1) is 11.2. The van der Waals surface area contributed by atoms with Crippen molar-refractivity contribution in [3.8, 4) is 0 Å². The number of hydrogen-bond acceptors (Lipinski definition) is 3. The standard InChI is InChI=1S/C17H18FN3O2/c18-13-5-3-12(4-6-13)16(15-2-1-11-23-15)21-17(22)20-14-7-9-19-10-8-14/h3-10,15-16H,1-2,11H2,(H2,19,20,21,22)/t15-,16-/m1/s1. The first-order valence-electron chi connectivity index (χ1n) is 7.57. The van der Waals surface area contributed by atoms with Crippen molar-refractivity contribution in [3.63, 3.8) is 0 Å². The summed E-state index contributed by atoms with van der Waals surface area (Å²) in [6.07, 6.45) is 4.91. The van der Waals surface area contributed by atoms with Gasteiger partial charge in [0.05, 0.1) is 12.1 Å². The zero-order valence-electron chi connectivity index (χ0n) is 12.5. The number of ether oxygens (including phenoxy) is 1. The molecule has 1 fully saturated rings. The molecule has 0 spiro atoms. The molecular formula is C17H18FN3O2. The molecule has 2 atom stereocenters. The maximum absolute atomic E-state index is 13.1. The Morgan fingerprint density at radius 2 is 1.96 bits per heavy atom. The molecule has 1 aliphatic rings. The van der Waals surface area contributed by atoms with Crippen LogP contribution in [0.25, 0.3) is 0 Å². The smallest absolute Gasteiger partial charge is 0.319 e. The minimum absolute atomic E-state index is 0.108. The van der Waals surface area contributed by atoms with Gasteiger partial charge in [-0.15, -0.1) is 0 Å². The Bertz CT molecular complexity index is 643. The fourth-order valence-electron chi connectivity index (χ4n) is 2.67. The Kier molecular flexibility index (Phi) is 4.83. The van der Waals surface area contributed by atoms with Crippen LogP contribution < -0.4 is 10.6 Å². The topological polar surface area (TPSA) is 63.2 Å². The molecule has 23 heavy (non-hydrogen) atoms. The Balaban J connectivity index is 1.73. The number of carbonyl (C=O) groups is 1. The SMILES string of the molecule is O=C(Nc1ccncc1)N[C@H](c1ccc(F)cc1)[C@H]1CCCO1. The Morgan fingerprint density at radius 1 is 1.22 bits per heavy atom. The number of benzene rings is 1. The molecule has 1 aliphatic heterocycles. The summed E-state index contributed by atoms with van der Waals surface area (Å²) in [5.74, 6) is -0.305. The molecule has 0 saturated carbocycles. The van der Waals surface area contributed by atoms with Crippen LogP contribution in [0.4, 0.5) is 14.9 Å². The Labute approximate surface area is 133 Å². The quantitative estimate of drug-likeness (QED) is 0.910. The fourth-order valence-corrected chi connectivity index (χ4v) is 2.67. The van der Waals surface area contributed by atoms with Crippen LogP contribution >= 0.6 is 0 Å². The van der Waals surface area contributed by atoms with Crippen LogP contribution in [0, 0.1) is 5.82 Å². The second-order valence-electron chi connectivity index (χ2n) is 5.42. The van der Waals surface area contributed by atoms with E-state index in [1.807, 2.05) is 0 Å².